The van der Waals surface area contributed by atoms with E-state index in [0.717, 1.165) is 29.7 Å². The molecule has 0 aliphatic carbocycles. The molecule has 38 heavy (non-hydrogen) atoms. The Balaban J connectivity index is 1.70. The number of para-hydroxylation sites is 1. The Labute approximate surface area is 232 Å². The Hall–Kier alpha value is -2.49. The van der Waals surface area contributed by atoms with E-state index in [1.807, 2.05) is 38.1 Å². The molecule has 3 heterocycles. The van der Waals surface area contributed by atoms with Crippen molar-refractivity contribution in [3.8, 4) is 0 Å². The molecule has 1 aromatic carbocycles. The summed E-state index contributed by atoms with van der Waals surface area (Å²) in [6, 6.07) is 4.81. The van der Waals surface area contributed by atoms with Crippen LogP contribution in [0.25, 0.3) is 0 Å². The summed E-state index contributed by atoms with van der Waals surface area (Å²) in [5.74, 6) is -2.83. The summed E-state index contributed by atoms with van der Waals surface area (Å²) < 4.78 is 12.1. The van der Waals surface area contributed by atoms with Gasteiger partial charge < -0.3 is 24.4 Å². The number of β-amino-alcohol motifs (C(OH)–C–C–N with tert-alkyl or cyclic N) is 1. The number of alkyl halides is 1. The number of ether oxygens (including phenoxy) is 2. The predicted molar refractivity (Wildman–Crippen MR) is 148 cm³/mol. The third kappa shape index (κ3) is 4.73. The smallest absolute Gasteiger partial charge is 0.312 e. The van der Waals surface area contributed by atoms with Crippen molar-refractivity contribution in [2.45, 2.75) is 62.1 Å². The minimum atomic E-state index is -1.20. The van der Waals surface area contributed by atoms with Gasteiger partial charge >= 0.3 is 5.97 Å². The third-order valence-electron chi connectivity index (χ3n) is 7.97. The van der Waals surface area contributed by atoms with Gasteiger partial charge in [-0.15, -0.1) is 13.2 Å². The number of anilines is 1. The van der Waals surface area contributed by atoms with Crippen molar-refractivity contribution in [1.82, 2.24) is 4.90 Å². The number of aliphatic hydroxyl groups excluding tert-OH is 1. The quantitative estimate of drug-likeness (QED) is 0.174. The number of carbonyl (C=O) groups is 3. The SMILES string of the molecule is C=CCCCCOC(=O)[C@H]1[C@@H]2OC3(CC2Br)C(C(=O)N(CC=C)c2c(C)cccc2C)N(CCO)C(=O)[C@H]13. The van der Waals surface area contributed by atoms with Crippen LogP contribution in [0.5, 0.6) is 0 Å². The van der Waals surface area contributed by atoms with Gasteiger partial charge in [0.05, 0.1) is 31.2 Å². The first-order valence-corrected chi connectivity index (χ1v) is 14.1. The van der Waals surface area contributed by atoms with Gasteiger partial charge in [0.25, 0.3) is 5.91 Å². The summed E-state index contributed by atoms with van der Waals surface area (Å²) in [5.41, 5.74) is 1.39. The number of hydrogen-bond acceptors (Lipinski definition) is 6. The van der Waals surface area contributed by atoms with E-state index in [1.54, 1.807) is 11.0 Å². The van der Waals surface area contributed by atoms with Crippen molar-refractivity contribution in [3.63, 3.8) is 0 Å². The standard InChI is InChI=1S/C29H37BrN2O6/c1-5-7-8-9-16-37-28(36)21-22-26(34)32(14-15-33)25(29(22)17-20(30)24(21)38-29)27(35)31(13-6-2)23-18(3)11-10-12-19(23)4/h5-6,10-12,20-22,24-25,33H,1-2,7-9,13-17H2,3-4H3/t20?,21-,22+,24-,25?,29?/m1/s1. The summed E-state index contributed by atoms with van der Waals surface area (Å²) >= 11 is 3.67. The topological polar surface area (TPSA) is 96.4 Å². The Morgan fingerprint density at radius 3 is 2.61 bits per heavy atom. The molecule has 3 fully saturated rings. The number of benzene rings is 1. The molecular formula is C29H37BrN2O6. The van der Waals surface area contributed by atoms with Gasteiger partial charge in [0.1, 0.15) is 11.6 Å². The fourth-order valence-electron chi connectivity index (χ4n) is 6.49. The lowest BCUT2D eigenvalue weighted by Gasteiger charge is -2.37. The number of allylic oxidation sites excluding steroid dienone is 1. The van der Waals surface area contributed by atoms with Crippen molar-refractivity contribution in [2.24, 2.45) is 11.8 Å². The zero-order valence-electron chi connectivity index (χ0n) is 22.1. The average Bonchev–Trinajstić information content (AvgIpc) is 3.46. The average molecular weight is 590 g/mol. The number of likely N-dealkylation sites (tertiary alicyclic amines) is 1. The lowest BCUT2D eigenvalue weighted by molar-refractivity contribution is -0.155. The maximum atomic E-state index is 14.4. The second kappa shape index (κ2) is 11.7. The predicted octanol–water partition coefficient (Wildman–Crippen LogP) is 3.46. The molecule has 0 aromatic heterocycles. The minimum absolute atomic E-state index is 0.0352. The fraction of sp³-hybridized carbons (Fsp3) is 0.552. The molecule has 0 saturated carbocycles. The van der Waals surface area contributed by atoms with Crippen LogP contribution in [0.15, 0.2) is 43.5 Å². The highest BCUT2D eigenvalue weighted by Crippen LogP contribution is 2.60. The number of unbranched alkanes of at least 4 members (excludes halogenated alkanes) is 2. The van der Waals surface area contributed by atoms with Crippen LogP contribution in [-0.2, 0) is 23.9 Å². The van der Waals surface area contributed by atoms with Crippen LogP contribution in [0.1, 0.15) is 36.8 Å². The lowest BCUT2D eigenvalue weighted by Crippen LogP contribution is -2.57. The van der Waals surface area contributed by atoms with Crippen LogP contribution in [0.4, 0.5) is 5.69 Å². The van der Waals surface area contributed by atoms with E-state index in [0.29, 0.717) is 12.8 Å². The highest BCUT2D eigenvalue weighted by Gasteiger charge is 2.77. The summed E-state index contributed by atoms with van der Waals surface area (Å²) in [6.07, 6.45) is 5.67. The van der Waals surface area contributed by atoms with Crippen molar-refractivity contribution >= 4 is 39.4 Å². The zero-order chi connectivity index (χ0) is 27.6. The molecule has 1 aromatic rings. The van der Waals surface area contributed by atoms with E-state index >= 15 is 0 Å². The molecule has 2 bridgehead atoms. The maximum Gasteiger partial charge on any atom is 0.312 e. The summed E-state index contributed by atoms with van der Waals surface area (Å²) in [4.78, 5) is 44.4. The second-order valence-corrected chi connectivity index (χ2v) is 11.5. The van der Waals surface area contributed by atoms with E-state index in [4.69, 9.17) is 9.47 Å². The molecule has 3 aliphatic heterocycles. The second-order valence-electron chi connectivity index (χ2n) is 10.3. The molecule has 4 rings (SSSR count). The Bertz CT molecular complexity index is 1090. The number of rotatable bonds is 12. The highest BCUT2D eigenvalue weighted by atomic mass is 79.9. The largest absolute Gasteiger partial charge is 0.465 e. The highest BCUT2D eigenvalue weighted by molar-refractivity contribution is 9.09. The van der Waals surface area contributed by atoms with Crippen LogP contribution < -0.4 is 4.90 Å². The van der Waals surface area contributed by atoms with Gasteiger partial charge in [-0.1, -0.05) is 46.3 Å². The molecule has 2 amide bonds. The molecule has 6 atom stereocenters. The van der Waals surface area contributed by atoms with Gasteiger partial charge in [-0.25, -0.2) is 0 Å². The number of nitrogens with zero attached hydrogens (tertiary/aromatic N) is 2. The summed E-state index contributed by atoms with van der Waals surface area (Å²) in [6.45, 7) is 11.6. The fourth-order valence-corrected chi connectivity index (χ4v) is 7.43. The number of hydrogen-bond donors (Lipinski definition) is 1. The van der Waals surface area contributed by atoms with Crippen LogP contribution in [0.2, 0.25) is 0 Å². The van der Waals surface area contributed by atoms with Crippen LogP contribution in [0.3, 0.4) is 0 Å². The van der Waals surface area contributed by atoms with Gasteiger partial charge in [0, 0.05) is 23.6 Å². The Morgan fingerprint density at radius 1 is 1.26 bits per heavy atom. The lowest BCUT2D eigenvalue weighted by atomic mass is 9.70. The maximum absolute atomic E-state index is 14.4. The summed E-state index contributed by atoms with van der Waals surface area (Å²) in [7, 11) is 0. The molecule has 0 radical (unpaired) electrons. The van der Waals surface area contributed by atoms with Crippen molar-refractivity contribution < 1.29 is 29.0 Å². The number of carbonyl (C=O) groups excluding carboxylic acids is 3. The zero-order valence-corrected chi connectivity index (χ0v) is 23.7. The number of amides is 2. The monoisotopic (exact) mass is 588 g/mol. The van der Waals surface area contributed by atoms with E-state index in [1.165, 1.54) is 4.90 Å². The number of aliphatic hydroxyl groups is 1. The van der Waals surface area contributed by atoms with Gasteiger partial charge in [-0.05, 0) is 50.7 Å². The Morgan fingerprint density at radius 2 is 1.97 bits per heavy atom. The molecule has 3 saturated heterocycles. The molecular weight excluding hydrogens is 552 g/mol. The van der Waals surface area contributed by atoms with Crippen molar-refractivity contribution in [1.29, 1.82) is 0 Å². The number of fused-ring (bicyclic) bond motifs is 1. The van der Waals surface area contributed by atoms with Gasteiger partial charge in [-0.3, -0.25) is 14.4 Å². The third-order valence-corrected chi connectivity index (χ3v) is 8.81. The van der Waals surface area contributed by atoms with Crippen LogP contribution in [0, 0.1) is 25.7 Å². The number of aryl methyl sites for hydroxylation is 2. The molecule has 3 unspecified atom stereocenters. The van der Waals surface area contributed by atoms with Gasteiger partial charge in [0.2, 0.25) is 5.91 Å². The first kappa shape index (κ1) is 28.5. The first-order chi connectivity index (χ1) is 18.2. The molecule has 1 spiro atoms. The van der Waals surface area contributed by atoms with Gasteiger partial charge in [-0.2, -0.15) is 0 Å². The van der Waals surface area contributed by atoms with Crippen LogP contribution in [-0.4, -0.2) is 76.7 Å². The van der Waals surface area contributed by atoms with E-state index in [2.05, 4.69) is 29.1 Å². The molecule has 206 valence electrons. The first-order valence-electron chi connectivity index (χ1n) is 13.2. The summed E-state index contributed by atoms with van der Waals surface area (Å²) in [5, 5.41) is 9.85. The van der Waals surface area contributed by atoms with E-state index < -0.39 is 35.6 Å². The molecule has 3 aliphatic rings. The van der Waals surface area contributed by atoms with E-state index in [-0.39, 0.29) is 42.9 Å². The van der Waals surface area contributed by atoms with Crippen molar-refractivity contribution in [3.05, 3.63) is 54.6 Å². The number of esters is 1. The normalized spacial score (nSPS) is 29.3. The molecule has 1 N–H and O–H groups in total. The Kier molecular flexibility index (Phi) is 8.79. The van der Waals surface area contributed by atoms with Gasteiger partial charge in [0.15, 0.2) is 0 Å². The molecule has 9 heteroatoms. The van der Waals surface area contributed by atoms with E-state index in [9.17, 15) is 19.5 Å². The minimum Gasteiger partial charge on any atom is -0.465 e. The van der Waals surface area contributed by atoms with Crippen molar-refractivity contribution in [2.75, 3.05) is 31.2 Å². The number of halogens is 1. The molecule has 8 nitrogen and oxygen atoms in total. The van der Waals surface area contributed by atoms with Crippen LogP contribution >= 0.6 is 15.9 Å².